The van der Waals surface area contributed by atoms with Crippen molar-refractivity contribution in [2.45, 2.75) is 11.5 Å². The van der Waals surface area contributed by atoms with Crippen LogP contribution in [0.4, 0.5) is 11.4 Å². The van der Waals surface area contributed by atoms with Crippen LogP contribution in [0.1, 0.15) is 5.56 Å². The Kier molecular flexibility index (Phi) is 4.20. The Morgan fingerprint density at radius 2 is 1.71 bits per heavy atom. The molecule has 0 saturated carbocycles. The standard InChI is InChI=1S/C13H12N2O5S/c16-9-10-3-1-2-4-13(10)14-21(19,20)12-7-5-11(6-8-12)15(17)18/h1-8,14,16H,9H2. The molecule has 0 aliphatic heterocycles. The first kappa shape index (κ1) is 14.9. The van der Waals surface area contributed by atoms with E-state index < -0.39 is 14.9 Å². The van der Waals surface area contributed by atoms with Crippen molar-refractivity contribution in [1.82, 2.24) is 0 Å². The van der Waals surface area contributed by atoms with Gasteiger partial charge in [0.25, 0.3) is 15.7 Å². The summed E-state index contributed by atoms with van der Waals surface area (Å²) in [5.41, 5.74) is 0.506. The third-order valence-corrected chi connectivity index (χ3v) is 4.17. The van der Waals surface area contributed by atoms with Crippen LogP contribution in [0.25, 0.3) is 0 Å². The SMILES string of the molecule is O=[N+]([O-])c1ccc(S(=O)(=O)Nc2ccccc2CO)cc1. The third kappa shape index (κ3) is 3.36. The van der Waals surface area contributed by atoms with Crippen molar-refractivity contribution < 1.29 is 18.4 Å². The van der Waals surface area contributed by atoms with E-state index in [2.05, 4.69) is 4.72 Å². The minimum Gasteiger partial charge on any atom is -0.392 e. The molecule has 0 atom stereocenters. The maximum absolute atomic E-state index is 12.2. The second kappa shape index (κ2) is 5.90. The molecular formula is C13H12N2O5S. The summed E-state index contributed by atoms with van der Waals surface area (Å²) in [7, 11) is -3.87. The predicted octanol–water partition coefficient (Wildman–Crippen LogP) is 1.89. The number of aliphatic hydroxyl groups excluding tert-OH is 1. The molecule has 2 aromatic rings. The first-order valence-corrected chi connectivity index (χ1v) is 7.38. The highest BCUT2D eigenvalue weighted by Gasteiger charge is 2.17. The number of non-ortho nitro benzene ring substituents is 1. The van der Waals surface area contributed by atoms with Crippen molar-refractivity contribution in [3.05, 3.63) is 64.2 Å². The molecule has 0 aromatic heterocycles. The van der Waals surface area contributed by atoms with E-state index >= 15 is 0 Å². The summed E-state index contributed by atoms with van der Waals surface area (Å²) in [6, 6.07) is 11.0. The van der Waals surface area contributed by atoms with Gasteiger partial charge in [-0.25, -0.2) is 8.42 Å². The largest absolute Gasteiger partial charge is 0.392 e. The number of para-hydroxylation sites is 1. The summed E-state index contributed by atoms with van der Waals surface area (Å²) in [5.74, 6) is 0. The lowest BCUT2D eigenvalue weighted by Crippen LogP contribution is -2.14. The number of nitro benzene ring substituents is 1. The van der Waals surface area contributed by atoms with Crippen molar-refractivity contribution in [3.8, 4) is 0 Å². The van der Waals surface area contributed by atoms with Crippen LogP contribution in [0.5, 0.6) is 0 Å². The van der Waals surface area contributed by atoms with Crippen LogP contribution in [0.15, 0.2) is 53.4 Å². The van der Waals surface area contributed by atoms with Gasteiger partial charge in [-0.3, -0.25) is 14.8 Å². The summed E-state index contributed by atoms with van der Waals surface area (Å²) >= 11 is 0. The summed E-state index contributed by atoms with van der Waals surface area (Å²) in [6.45, 7) is -0.307. The number of sulfonamides is 1. The Bertz CT molecular complexity index is 756. The normalized spacial score (nSPS) is 11.1. The average molecular weight is 308 g/mol. The lowest BCUT2D eigenvalue weighted by Gasteiger charge is -2.11. The van der Waals surface area contributed by atoms with Crippen molar-refractivity contribution in [3.63, 3.8) is 0 Å². The molecule has 7 nitrogen and oxygen atoms in total. The zero-order chi connectivity index (χ0) is 15.5. The smallest absolute Gasteiger partial charge is 0.269 e. The lowest BCUT2D eigenvalue weighted by molar-refractivity contribution is -0.384. The topological polar surface area (TPSA) is 110 Å². The molecule has 0 fully saturated rings. The molecule has 2 aromatic carbocycles. The molecule has 0 unspecified atom stereocenters. The van der Waals surface area contributed by atoms with Gasteiger partial charge < -0.3 is 5.11 Å². The van der Waals surface area contributed by atoms with Crippen molar-refractivity contribution in [2.75, 3.05) is 4.72 Å². The summed E-state index contributed by atoms with van der Waals surface area (Å²) in [4.78, 5) is 9.85. The average Bonchev–Trinajstić information content (AvgIpc) is 2.47. The van der Waals surface area contributed by atoms with E-state index in [-0.39, 0.29) is 22.9 Å². The Hall–Kier alpha value is -2.45. The van der Waals surface area contributed by atoms with E-state index in [1.54, 1.807) is 18.2 Å². The summed E-state index contributed by atoms with van der Waals surface area (Å²) in [5, 5.41) is 19.7. The van der Waals surface area contributed by atoms with Gasteiger partial charge in [0.2, 0.25) is 0 Å². The molecule has 0 amide bonds. The van der Waals surface area contributed by atoms with Crippen LogP contribution >= 0.6 is 0 Å². The molecule has 0 aliphatic carbocycles. The number of hydrogen-bond donors (Lipinski definition) is 2. The number of hydrogen-bond acceptors (Lipinski definition) is 5. The Labute approximate surface area is 121 Å². The minimum absolute atomic E-state index is 0.0964. The lowest BCUT2D eigenvalue weighted by atomic mass is 10.2. The highest BCUT2D eigenvalue weighted by molar-refractivity contribution is 7.92. The molecule has 0 heterocycles. The van der Waals surface area contributed by atoms with Crippen LogP contribution < -0.4 is 4.72 Å². The quantitative estimate of drug-likeness (QED) is 0.647. The number of nitrogens with zero attached hydrogens (tertiary/aromatic N) is 1. The second-order valence-electron chi connectivity index (χ2n) is 4.17. The van der Waals surface area contributed by atoms with E-state index in [1.807, 2.05) is 0 Å². The van der Waals surface area contributed by atoms with E-state index in [4.69, 9.17) is 0 Å². The minimum atomic E-state index is -3.87. The number of nitro groups is 1. The molecule has 0 bridgehead atoms. The van der Waals surface area contributed by atoms with Gasteiger partial charge in [-0.05, 0) is 18.2 Å². The van der Waals surface area contributed by atoms with Gasteiger partial charge in [0.05, 0.1) is 22.1 Å². The Morgan fingerprint density at radius 1 is 1.10 bits per heavy atom. The molecule has 0 radical (unpaired) electrons. The third-order valence-electron chi connectivity index (χ3n) is 2.79. The maximum atomic E-state index is 12.2. The molecule has 8 heteroatoms. The number of nitrogens with one attached hydrogen (secondary N) is 1. The fraction of sp³-hybridized carbons (Fsp3) is 0.0769. The highest BCUT2D eigenvalue weighted by atomic mass is 32.2. The van der Waals surface area contributed by atoms with E-state index in [1.165, 1.54) is 6.07 Å². The zero-order valence-corrected chi connectivity index (χ0v) is 11.6. The van der Waals surface area contributed by atoms with Gasteiger partial charge in [0.15, 0.2) is 0 Å². The molecule has 2 N–H and O–H groups in total. The molecule has 0 aliphatic rings. The summed E-state index contributed by atoms with van der Waals surface area (Å²) in [6.07, 6.45) is 0. The first-order chi connectivity index (χ1) is 9.94. The zero-order valence-electron chi connectivity index (χ0n) is 10.8. The van der Waals surface area contributed by atoms with Gasteiger partial charge >= 0.3 is 0 Å². The molecule has 0 saturated heterocycles. The van der Waals surface area contributed by atoms with Crippen LogP contribution in [0, 0.1) is 10.1 Å². The van der Waals surface area contributed by atoms with Crippen LogP contribution in [-0.2, 0) is 16.6 Å². The molecule has 0 spiro atoms. The van der Waals surface area contributed by atoms with Gasteiger partial charge in [-0.2, -0.15) is 0 Å². The fourth-order valence-electron chi connectivity index (χ4n) is 1.71. The first-order valence-electron chi connectivity index (χ1n) is 5.90. The molecule has 110 valence electrons. The molecule has 2 rings (SSSR count). The number of benzene rings is 2. The van der Waals surface area contributed by atoms with E-state index in [0.717, 1.165) is 24.3 Å². The Morgan fingerprint density at radius 3 is 2.29 bits per heavy atom. The predicted molar refractivity (Wildman–Crippen MR) is 76.3 cm³/mol. The van der Waals surface area contributed by atoms with Gasteiger partial charge in [0.1, 0.15) is 0 Å². The van der Waals surface area contributed by atoms with Gasteiger partial charge in [-0.15, -0.1) is 0 Å². The second-order valence-corrected chi connectivity index (χ2v) is 5.85. The maximum Gasteiger partial charge on any atom is 0.269 e. The van der Waals surface area contributed by atoms with Gasteiger partial charge in [-0.1, -0.05) is 18.2 Å². The molecular weight excluding hydrogens is 296 g/mol. The molecule has 21 heavy (non-hydrogen) atoms. The van der Waals surface area contributed by atoms with Crippen molar-refractivity contribution in [1.29, 1.82) is 0 Å². The van der Waals surface area contributed by atoms with Gasteiger partial charge in [0, 0.05) is 17.7 Å². The Balaban J connectivity index is 2.32. The van der Waals surface area contributed by atoms with Crippen molar-refractivity contribution in [2.24, 2.45) is 0 Å². The van der Waals surface area contributed by atoms with Crippen molar-refractivity contribution >= 4 is 21.4 Å². The van der Waals surface area contributed by atoms with E-state index in [0.29, 0.717) is 5.56 Å². The number of anilines is 1. The van der Waals surface area contributed by atoms with Crippen LogP contribution in [0.2, 0.25) is 0 Å². The number of rotatable bonds is 5. The summed E-state index contributed by atoms with van der Waals surface area (Å²) < 4.78 is 26.7. The monoisotopic (exact) mass is 308 g/mol. The van der Waals surface area contributed by atoms with Crippen LogP contribution in [0.3, 0.4) is 0 Å². The fourth-order valence-corrected chi connectivity index (χ4v) is 2.81. The highest BCUT2D eigenvalue weighted by Crippen LogP contribution is 2.21. The van der Waals surface area contributed by atoms with Crippen LogP contribution in [-0.4, -0.2) is 18.4 Å². The number of aliphatic hydroxyl groups is 1. The van der Waals surface area contributed by atoms with E-state index in [9.17, 15) is 23.6 Å².